The molecule has 0 radical (unpaired) electrons. The summed E-state index contributed by atoms with van der Waals surface area (Å²) in [5, 5.41) is 0.0504. The zero-order valence-corrected chi connectivity index (χ0v) is 11.1. The largest absolute Gasteiger partial charge is 0.416 e. The fourth-order valence-electron chi connectivity index (χ4n) is 2.17. The number of nitrogens with zero attached hydrogens (tertiary/aromatic N) is 1. The molecule has 1 aromatic carbocycles. The molecule has 1 saturated heterocycles. The standard InChI is InChI=1S/C13H13ClF3NO/c1-8-7-18(3-2-12(8)19)11-5-9(13(15,16)17)4-10(14)6-11/h4-6,8H,2-3,7H2,1H3. The molecule has 104 valence electrons. The van der Waals surface area contributed by atoms with Crippen LogP contribution >= 0.6 is 11.6 Å². The lowest BCUT2D eigenvalue weighted by molar-refractivity contribution is -0.137. The van der Waals surface area contributed by atoms with Crippen LogP contribution in [0.25, 0.3) is 0 Å². The molecule has 2 nitrogen and oxygen atoms in total. The molecule has 0 spiro atoms. The molecule has 0 aliphatic carbocycles. The monoisotopic (exact) mass is 291 g/mol. The molecule has 0 N–H and O–H groups in total. The van der Waals surface area contributed by atoms with E-state index in [1.807, 2.05) is 0 Å². The molecule has 1 unspecified atom stereocenters. The molecule has 1 heterocycles. The van der Waals surface area contributed by atoms with Gasteiger partial charge in [-0.15, -0.1) is 0 Å². The van der Waals surface area contributed by atoms with Crippen molar-refractivity contribution in [1.82, 2.24) is 0 Å². The van der Waals surface area contributed by atoms with Gasteiger partial charge in [-0.3, -0.25) is 4.79 Å². The first kappa shape index (κ1) is 14.2. The van der Waals surface area contributed by atoms with Gasteiger partial charge >= 0.3 is 6.18 Å². The van der Waals surface area contributed by atoms with Crippen LogP contribution in [0.5, 0.6) is 0 Å². The minimum absolute atomic E-state index is 0.0504. The predicted molar refractivity (Wildman–Crippen MR) is 67.5 cm³/mol. The van der Waals surface area contributed by atoms with Gasteiger partial charge in [0.15, 0.2) is 0 Å². The quantitative estimate of drug-likeness (QED) is 0.785. The fraction of sp³-hybridized carbons (Fsp3) is 0.462. The highest BCUT2D eigenvalue weighted by Crippen LogP contribution is 2.35. The highest BCUT2D eigenvalue weighted by molar-refractivity contribution is 6.31. The first-order chi connectivity index (χ1) is 8.77. The summed E-state index contributed by atoms with van der Waals surface area (Å²) in [6, 6.07) is 3.48. The van der Waals surface area contributed by atoms with Crippen molar-refractivity contribution in [2.45, 2.75) is 19.5 Å². The van der Waals surface area contributed by atoms with E-state index in [2.05, 4.69) is 0 Å². The molecule has 2 rings (SSSR count). The summed E-state index contributed by atoms with van der Waals surface area (Å²) in [4.78, 5) is 13.2. The molecular formula is C13H13ClF3NO. The maximum Gasteiger partial charge on any atom is 0.416 e. The molecule has 1 atom stereocenters. The summed E-state index contributed by atoms with van der Waals surface area (Å²) < 4.78 is 38.2. The molecular weight excluding hydrogens is 279 g/mol. The second-order valence-corrected chi connectivity index (χ2v) is 5.20. The van der Waals surface area contributed by atoms with Crippen LogP contribution in [0.2, 0.25) is 5.02 Å². The van der Waals surface area contributed by atoms with Crippen LogP contribution < -0.4 is 4.90 Å². The SMILES string of the molecule is CC1CN(c2cc(Cl)cc(C(F)(F)F)c2)CCC1=O. The Kier molecular flexibility index (Phi) is 3.76. The number of anilines is 1. The van der Waals surface area contributed by atoms with Gasteiger partial charge in [0.25, 0.3) is 0 Å². The number of carbonyl (C=O) groups is 1. The van der Waals surface area contributed by atoms with Gasteiger partial charge in [0.05, 0.1) is 5.56 Å². The van der Waals surface area contributed by atoms with E-state index in [9.17, 15) is 18.0 Å². The first-order valence-electron chi connectivity index (χ1n) is 5.93. The number of hydrogen-bond acceptors (Lipinski definition) is 2. The van der Waals surface area contributed by atoms with Crippen molar-refractivity contribution >= 4 is 23.1 Å². The Morgan fingerprint density at radius 1 is 1.32 bits per heavy atom. The van der Waals surface area contributed by atoms with Gasteiger partial charge in [-0.25, -0.2) is 0 Å². The molecule has 1 aliphatic heterocycles. The topological polar surface area (TPSA) is 20.3 Å². The number of halogens is 4. The number of piperidine rings is 1. The van der Waals surface area contributed by atoms with Crippen molar-refractivity contribution in [1.29, 1.82) is 0 Å². The predicted octanol–water partition coefficient (Wildman–Crippen LogP) is 3.77. The van der Waals surface area contributed by atoms with Gasteiger partial charge in [-0.1, -0.05) is 18.5 Å². The molecule has 0 amide bonds. The van der Waals surface area contributed by atoms with E-state index in [0.717, 1.165) is 12.1 Å². The number of Topliss-reactive ketones (excluding diaryl/α,β-unsaturated/α-hetero) is 1. The lowest BCUT2D eigenvalue weighted by Crippen LogP contribution is -2.39. The van der Waals surface area contributed by atoms with Crippen LogP contribution in [-0.2, 0) is 11.0 Å². The summed E-state index contributed by atoms with van der Waals surface area (Å²) in [7, 11) is 0. The van der Waals surface area contributed by atoms with Crippen molar-refractivity contribution in [3.8, 4) is 0 Å². The van der Waals surface area contributed by atoms with Crippen molar-refractivity contribution in [3.05, 3.63) is 28.8 Å². The van der Waals surface area contributed by atoms with E-state index in [0.29, 0.717) is 25.2 Å². The number of hydrogen-bond donors (Lipinski definition) is 0. The van der Waals surface area contributed by atoms with E-state index in [1.165, 1.54) is 6.07 Å². The van der Waals surface area contributed by atoms with E-state index < -0.39 is 11.7 Å². The molecule has 0 aromatic heterocycles. The van der Waals surface area contributed by atoms with Crippen LogP contribution in [-0.4, -0.2) is 18.9 Å². The Hall–Kier alpha value is -1.23. The Labute approximate surface area is 114 Å². The summed E-state index contributed by atoms with van der Waals surface area (Å²) in [6.45, 7) is 2.64. The second kappa shape index (κ2) is 5.04. The zero-order chi connectivity index (χ0) is 14.2. The third kappa shape index (κ3) is 3.21. The molecule has 0 saturated carbocycles. The first-order valence-corrected chi connectivity index (χ1v) is 6.30. The minimum atomic E-state index is -4.42. The molecule has 1 fully saturated rings. The highest BCUT2D eigenvalue weighted by Gasteiger charge is 2.32. The van der Waals surface area contributed by atoms with Crippen molar-refractivity contribution < 1.29 is 18.0 Å². The average Bonchev–Trinajstić information content (AvgIpc) is 2.31. The smallest absolute Gasteiger partial charge is 0.370 e. The van der Waals surface area contributed by atoms with Crippen molar-refractivity contribution in [2.24, 2.45) is 5.92 Å². The highest BCUT2D eigenvalue weighted by atomic mass is 35.5. The van der Waals surface area contributed by atoms with Crippen LogP contribution in [0.4, 0.5) is 18.9 Å². The molecule has 0 bridgehead atoms. The Morgan fingerprint density at radius 3 is 2.58 bits per heavy atom. The lowest BCUT2D eigenvalue weighted by Gasteiger charge is -2.32. The average molecular weight is 292 g/mol. The van der Waals surface area contributed by atoms with Gasteiger partial charge in [0, 0.05) is 36.1 Å². The maximum atomic E-state index is 12.7. The van der Waals surface area contributed by atoms with Gasteiger partial charge in [0.1, 0.15) is 5.78 Å². The summed E-state index contributed by atoms with van der Waals surface area (Å²) in [6.07, 6.45) is -4.06. The zero-order valence-electron chi connectivity index (χ0n) is 10.3. The van der Waals surface area contributed by atoms with Crippen LogP contribution in [0, 0.1) is 5.92 Å². The van der Waals surface area contributed by atoms with Crippen LogP contribution in [0.3, 0.4) is 0 Å². The normalized spacial score (nSPS) is 20.8. The third-order valence-electron chi connectivity index (χ3n) is 3.25. The Balaban J connectivity index is 2.30. The summed E-state index contributed by atoms with van der Waals surface area (Å²) in [5.41, 5.74) is -0.348. The molecule has 1 aromatic rings. The van der Waals surface area contributed by atoms with Gasteiger partial charge in [-0.05, 0) is 18.2 Å². The van der Waals surface area contributed by atoms with Gasteiger partial charge < -0.3 is 4.90 Å². The number of alkyl halides is 3. The summed E-state index contributed by atoms with van der Waals surface area (Å²) in [5.74, 6) is -0.0172. The van der Waals surface area contributed by atoms with E-state index in [4.69, 9.17) is 11.6 Å². The minimum Gasteiger partial charge on any atom is -0.370 e. The van der Waals surface area contributed by atoms with E-state index >= 15 is 0 Å². The number of carbonyl (C=O) groups excluding carboxylic acids is 1. The Morgan fingerprint density at radius 2 is 2.00 bits per heavy atom. The number of rotatable bonds is 1. The molecule has 19 heavy (non-hydrogen) atoms. The van der Waals surface area contributed by atoms with Crippen molar-refractivity contribution in [3.63, 3.8) is 0 Å². The number of ketones is 1. The third-order valence-corrected chi connectivity index (χ3v) is 3.47. The Bertz CT molecular complexity index is 501. The molecule has 6 heteroatoms. The summed E-state index contributed by atoms with van der Waals surface area (Å²) >= 11 is 5.75. The van der Waals surface area contributed by atoms with Crippen molar-refractivity contribution in [2.75, 3.05) is 18.0 Å². The molecule has 1 aliphatic rings. The van der Waals surface area contributed by atoms with E-state index in [-0.39, 0.29) is 16.7 Å². The van der Waals surface area contributed by atoms with Gasteiger partial charge in [0.2, 0.25) is 0 Å². The van der Waals surface area contributed by atoms with Crippen LogP contribution in [0.1, 0.15) is 18.9 Å². The number of benzene rings is 1. The maximum absolute atomic E-state index is 12.7. The fourth-order valence-corrected chi connectivity index (χ4v) is 2.40. The second-order valence-electron chi connectivity index (χ2n) is 4.76. The van der Waals surface area contributed by atoms with E-state index in [1.54, 1.807) is 11.8 Å². The van der Waals surface area contributed by atoms with Gasteiger partial charge in [-0.2, -0.15) is 13.2 Å². The van der Waals surface area contributed by atoms with Crippen LogP contribution in [0.15, 0.2) is 18.2 Å². The lowest BCUT2D eigenvalue weighted by atomic mass is 9.98.